The summed E-state index contributed by atoms with van der Waals surface area (Å²) in [6.07, 6.45) is 0. The third-order valence-electron chi connectivity index (χ3n) is 0.671. The zero-order valence-corrected chi connectivity index (χ0v) is 5.79. The molecule has 0 rings (SSSR count). The second-order valence-electron chi connectivity index (χ2n) is 1.34. The summed E-state index contributed by atoms with van der Waals surface area (Å²) in [6.45, 7) is 1.53. The molecular weight excluding hydrogens is 134 g/mol. The van der Waals surface area contributed by atoms with Gasteiger partial charge in [0, 0.05) is 0 Å². The van der Waals surface area contributed by atoms with Gasteiger partial charge in [-0.1, -0.05) is 6.82 Å². The average Bonchev–Trinajstić information content (AvgIpc) is 1.88. The van der Waals surface area contributed by atoms with Crippen molar-refractivity contribution in [3.63, 3.8) is 0 Å². The minimum absolute atomic E-state index is 0.716. The van der Waals surface area contributed by atoms with Gasteiger partial charge in [0.25, 0.3) is 5.87 Å². The van der Waals surface area contributed by atoms with E-state index in [1.807, 2.05) is 0 Å². The minimum atomic E-state index is -0.727. The van der Waals surface area contributed by atoms with Crippen LogP contribution in [0.4, 0.5) is 9.59 Å². The van der Waals surface area contributed by atoms with E-state index in [4.69, 9.17) is 0 Å². The quantitative estimate of drug-likeness (QED) is 0.527. The number of carbonyl (C=O) groups excluding carboxylic acids is 2. The molecule has 0 spiro atoms. The van der Waals surface area contributed by atoms with Gasteiger partial charge in [-0.05, 0) is 0 Å². The molecule has 52 valence electrons. The molecule has 0 N–H and O–H groups in total. The monoisotopic (exact) mass is 140 g/mol. The van der Waals surface area contributed by atoms with E-state index in [0.29, 0.717) is 0 Å². The number of ether oxygens (including phenoxy) is 1. The van der Waals surface area contributed by atoms with Gasteiger partial charge in [-0.2, -0.15) is 0 Å². The zero-order chi connectivity index (χ0) is 7.98. The summed E-state index contributed by atoms with van der Waals surface area (Å²) in [6, 6.07) is 0. The van der Waals surface area contributed by atoms with Gasteiger partial charge in [-0.25, -0.2) is 0 Å². The fraction of sp³-hybridized carbons (Fsp3) is 0.500. The first kappa shape index (κ1) is 9.07. The highest BCUT2D eigenvalue weighted by Crippen LogP contribution is 1.80. The van der Waals surface area contributed by atoms with E-state index in [1.54, 1.807) is 0 Å². The van der Waals surface area contributed by atoms with Gasteiger partial charge in [-0.15, -0.1) is 0 Å². The van der Waals surface area contributed by atoms with Crippen LogP contribution < -0.4 is 0 Å². The normalized spacial score (nSPS) is 7.80. The Bertz CT molecular complexity index is 135. The highest BCUT2D eigenvalue weighted by Gasteiger charge is 2.13. The Morgan fingerprint density at radius 2 is 1.90 bits per heavy atom. The van der Waals surface area contributed by atoms with E-state index in [-0.39, 0.29) is 0 Å². The Kier molecular flexibility index (Phi) is 4.45. The van der Waals surface area contributed by atoms with Crippen LogP contribution in [0.25, 0.3) is 0 Å². The van der Waals surface area contributed by atoms with Crippen LogP contribution >= 0.6 is 0 Å². The molecule has 0 saturated carbocycles. The van der Waals surface area contributed by atoms with Gasteiger partial charge in [0.1, 0.15) is 0 Å². The van der Waals surface area contributed by atoms with Crippen LogP contribution in [0.5, 0.6) is 0 Å². The SMILES string of the molecule is C[B]OC(=O)[B]C(=O)OC. The summed E-state index contributed by atoms with van der Waals surface area (Å²) in [4.78, 5) is 20.7. The molecule has 0 aliphatic heterocycles. The van der Waals surface area contributed by atoms with Crippen molar-refractivity contribution in [2.24, 2.45) is 0 Å². The largest absolute Gasteiger partial charge is 0.547 e. The predicted octanol–water partition coefficient (Wildman–Crippen LogP) is 0.261. The fourth-order valence-electron chi connectivity index (χ4n) is 0.305. The molecule has 0 aromatic heterocycles. The lowest BCUT2D eigenvalue weighted by Gasteiger charge is -1.97. The van der Waals surface area contributed by atoms with Crippen molar-refractivity contribution < 1.29 is 19.0 Å². The Balaban J connectivity index is 3.47. The maximum absolute atomic E-state index is 10.4. The fourth-order valence-corrected chi connectivity index (χ4v) is 0.305. The highest BCUT2D eigenvalue weighted by molar-refractivity contribution is 6.95. The molecule has 0 heterocycles. The first-order valence-corrected chi connectivity index (χ1v) is 2.62. The lowest BCUT2D eigenvalue weighted by atomic mass is 9.79. The van der Waals surface area contributed by atoms with E-state index in [1.165, 1.54) is 21.4 Å². The molecule has 0 amide bonds. The molecule has 0 unspecified atom stereocenters. The highest BCUT2D eigenvalue weighted by atomic mass is 16.5. The predicted molar refractivity (Wildman–Crippen MR) is 36.3 cm³/mol. The topological polar surface area (TPSA) is 52.6 Å². The third kappa shape index (κ3) is 4.00. The van der Waals surface area contributed by atoms with E-state index >= 15 is 0 Å². The maximum Gasteiger partial charge on any atom is 0.402 e. The molecule has 10 heavy (non-hydrogen) atoms. The number of hydrogen-bond donors (Lipinski definition) is 0. The lowest BCUT2D eigenvalue weighted by Crippen LogP contribution is -2.21. The third-order valence-corrected chi connectivity index (χ3v) is 0.671. The molecule has 0 aromatic carbocycles. The van der Waals surface area contributed by atoms with Crippen LogP contribution in [0.15, 0.2) is 0 Å². The zero-order valence-electron chi connectivity index (χ0n) is 5.79. The maximum atomic E-state index is 10.4. The summed E-state index contributed by atoms with van der Waals surface area (Å²) in [5, 5.41) is 0. The van der Waals surface area contributed by atoms with Crippen LogP contribution in [-0.4, -0.2) is 33.6 Å². The summed E-state index contributed by atoms with van der Waals surface area (Å²) in [5.74, 6) is -1.44. The molecular formula is C4H6B2O4. The van der Waals surface area contributed by atoms with Crippen molar-refractivity contribution in [1.82, 2.24) is 0 Å². The Hall–Kier alpha value is -0.930. The van der Waals surface area contributed by atoms with Gasteiger partial charge < -0.3 is 9.39 Å². The molecule has 0 fully saturated rings. The van der Waals surface area contributed by atoms with Gasteiger partial charge in [0.2, 0.25) is 5.87 Å². The molecule has 0 aromatic rings. The average molecular weight is 140 g/mol. The summed E-state index contributed by atoms with van der Waals surface area (Å²) < 4.78 is 8.45. The molecule has 0 bridgehead atoms. The molecule has 2 radical (unpaired) electrons. The number of hydrogen-bond acceptors (Lipinski definition) is 4. The molecule has 0 aliphatic rings. The van der Waals surface area contributed by atoms with E-state index in [9.17, 15) is 9.59 Å². The van der Waals surface area contributed by atoms with Crippen LogP contribution in [0.2, 0.25) is 6.82 Å². The van der Waals surface area contributed by atoms with Crippen molar-refractivity contribution in [1.29, 1.82) is 0 Å². The number of rotatable bonds is 3. The van der Waals surface area contributed by atoms with Gasteiger partial charge in [-0.3, -0.25) is 9.59 Å². The van der Waals surface area contributed by atoms with E-state index in [0.717, 1.165) is 7.28 Å². The molecule has 6 heteroatoms. The number of carbonyl (C=O) groups is 2. The van der Waals surface area contributed by atoms with Gasteiger partial charge in [0.05, 0.1) is 7.11 Å². The summed E-state index contributed by atoms with van der Waals surface area (Å²) in [5.41, 5.74) is 0. The van der Waals surface area contributed by atoms with Gasteiger partial charge >= 0.3 is 14.8 Å². The first-order valence-electron chi connectivity index (χ1n) is 2.62. The second-order valence-corrected chi connectivity index (χ2v) is 1.34. The molecule has 0 atom stereocenters. The standard InChI is InChI=1S/C4H6B2O4/c1-5-10-4(8)6-3(7)9-2/h1-2H3. The lowest BCUT2D eigenvalue weighted by molar-refractivity contribution is 0.196. The van der Waals surface area contributed by atoms with Crippen LogP contribution in [0, 0.1) is 0 Å². The minimum Gasteiger partial charge on any atom is -0.547 e. The molecule has 4 nitrogen and oxygen atoms in total. The van der Waals surface area contributed by atoms with Crippen molar-refractivity contribution in [3.05, 3.63) is 0 Å². The second kappa shape index (κ2) is 4.90. The Morgan fingerprint density at radius 3 is 2.30 bits per heavy atom. The summed E-state index contributed by atoms with van der Waals surface area (Å²) in [7, 11) is 3.09. The molecule has 0 aliphatic carbocycles. The van der Waals surface area contributed by atoms with Crippen LogP contribution in [-0.2, 0) is 9.39 Å². The van der Waals surface area contributed by atoms with Crippen molar-refractivity contribution in [2.45, 2.75) is 6.82 Å². The Morgan fingerprint density at radius 1 is 1.30 bits per heavy atom. The van der Waals surface area contributed by atoms with Crippen molar-refractivity contribution >= 4 is 26.5 Å². The number of methoxy groups -OCH3 is 1. The van der Waals surface area contributed by atoms with Crippen LogP contribution in [0.1, 0.15) is 0 Å². The summed E-state index contributed by atoms with van der Waals surface area (Å²) >= 11 is 0. The van der Waals surface area contributed by atoms with Gasteiger partial charge in [0.15, 0.2) is 0 Å². The van der Waals surface area contributed by atoms with Crippen molar-refractivity contribution in [3.8, 4) is 0 Å². The Labute approximate surface area is 60.4 Å². The first-order chi connectivity index (χ1) is 4.70. The van der Waals surface area contributed by atoms with Crippen molar-refractivity contribution in [2.75, 3.05) is 7.11 Å². The smallest absolute Gasteiger partial charge is 0.402 e. The van der Waals surface area contributed by atoms with E-state index < -0.39 is 11.7 Å². The molecule has 0 saturated heterocycles. The van der Waals surface area contributed by atoms with Crippen LogP contribution in [0.3, 0.4) is 0 Å². The van der Waals surface area contributed by atoms with E-state index in [2.05, 4.69) is 9.39 Å².